The van der Waals surface area contributed by atoms with E-state index in [1.165, 1.54) is 12.8 Å². The van der Waals surface area contributed by atoms with Crippen LogP contribution in [0.25, 0.3) is 0 Å². The fraction of sp³-hybridized carbons (Fsp3) is 0.933. The molecule has 0 unspecified atom stereocenters. The Kier molecular flexibility index (Phi) is 7.92. The van der Waals surface area contributed by atoms with Crippen LogP contribution in [-0.2, 0) is 9.47 Å². The molecular weight excluding hydrogens is 254 g/mol. The Morgan fingerprint density at radius 1 is 1.35 bits per heavy atom. The minimum atomic E-state index is -0.148. The minimum Gasteiger partial charge on any atom is -0.381 e. The van der Waals surface area contributed by atoms with Crippen LogP contribution in [0.5, 0.6) is 0 Å². The van der Waals surface area contributed by atoms with E-state index in [1.54, 1.807) is 7.11 Å². The first-order valence-corrected chi connectivity index (χ1v) is 7.80. The predicted molar refractivity (Wildman–Crippen MR) is 83.3 cm³/mol. The average Bonchev–Trinajstić information content (AvgIpc) is 2.50. The Hall–Kier alpha value is -0.810. The summed E-state index contributed by atoms with van der Waals surface area (Å²) < 4.78 is 11.2. The number of unbranched alkanes of at least 4 members (excludes halogenated alkanes) is 1. The Balaban J connectivity index is 2.64. The van der Waals surface area contributed by atoms with Gasteiger partial charge in [-0.05, 0) is 13.3 Å². The molecule has 0 amide bonds. The summed E-state index contributed by atoms with van der Waals surface area (Å²) in [5, 5.41) is 3.36. The van der Waals surface area contributed by atoms with Crippen LogP contribution in [-0.4, -0.2) is 63.5 Å². The second kappa shape index (κ2) is 9.19. The quantitative estimate of drug-likeness (QED) is 0.573. The van der Waals surface area contributed by atoms with Crippen molar-refractivity contribution >= 4 is 5.96 Å². The second-order valence-corrected chi connectivity index (χ2v) is 5.44. The molecule has 1 heterocycles. The highest BCUT2D eigenvalue weighted by atomic mass is 16.5. The van der Waals surface area contributed by atoms with Gasteiger partial charge < -0.3 is 19.7 Å². The van der Waals surface area contributed by atoms with Gasteiger partial charge in [-0.25, -0.2) is 0 Å². The van der Waals surface area contributed by atoms with Crippen molar-refractivity contribution in [1.82, 2.24) is 10.2 Å². The lowest BCUT2D eigenvalue weighted by Gasteiger charge is -2.35. The van der Waals surface area contributed by atoms with E-state index in [1.807, 2.05) is 0 Å². The lowest BCUT2D eigenvalue weighted by atomic mass is 9.94. The van der Waals surface area contributed by atoms with Gasteiger partial charge in [0.2, 0.25) is 0 Å². The third kappa shape index (κ3) is 5.29. The molecule has 5 heteroatoms. The molecule has 0 bridgehead atoms. The molecule has 0 aromatic heterocycles. The predicted octanol–water partition coefficient (Wildman–Crippen LogP) is 1.88. The number of hydrogen-bond acceptors (Lipinski definition) is 3. The van der Waals surface area contributed by atoms with Gasteiger partial charge in [-0.2, -0.15) is 0 Å². The van der Waals surface area contributed by atoms with Crippen molar-refractivity contribution in [3.05, 3.63) is 0 Å². The van der Waals surface area contributed by atoms with Crippen LogP contribution < -0.4 is 5.32 Å². The molecular formula is C15H31N3O2. The van der Waals surface area contributed by atoms with E-state index < -0.39 is 0 Å². The standard InChI is InChI=1S/C15H31N3O2/c1-5-7-10-18(3)14(16-6-2)17-13-15(19-4)8-11-20-12-9-15/h5-13H2,1-4H3,(H,16,17). The summed E-state index contributed by atoms with van der Waals surface area (Å²) in [7, 11) is 3.88. The highest BCUT2D eigenvalue weighted by Crippen LogP contribution is 2.24. The first kappa shape index (κ1) is 17.2. The van der Waals surface area contributed by atoms with Crippen LogP contribution in [0.15, 0.2) is 4.99 Å². The summed E-state index contributed by atoms with van der Waals surface area (Å²) >= 11 is 0. The van der Waals surface area contributed by atoms with E-state index in [0.717, 1.165) is 45.1 Å². The van der Waals surface area contributed by atoms with Gasteiger partial charge in [0.15, 0.2) is 5.96 Å². The normalized spacial score (nSPS) is 18.9. The molecule has 0 radical (unpaired) electrons. The van der Waals surface area contributed by atoms with E-state index in [2.05, 4.69) is 31.1 Å². The Bertz CT molecular complexity index is 289. The number of aliphatic imine (C=N–C) groups is 1. The van der Waals surface area contributed by atoms with E-state index in [9.17, 15) is 0 Å². The molecule has 1 aliphatic rings. The van der Waals surface area contributed by atoms with Gasteiger partial charge in [0.25, 0.3) is 0 Å². The number of methoxy groups -OCH3 is 1. The molecule has 0 atom stereocenters. The second-order valence-electron chi connectivity index (χ2n) is 5.44. The fourth-order valence-corrected chi connectivity index (χ4v) is 2.36. The Labute approximate surface area is 123 Å². The Morgan fingerprint density at radius 3 is 2.60 bits per heavy atom. The van der Waals surface area contributed by atoms with Crippen molar-refractivity contribution in [3.63, 3.8) is 0 Å². The first-order chi connectivity index (χ1) is 9.67. The third-order valence-corrected chi connectivity index (χ3v) is 3.90. The molecule has 1 fully saturated rings. The van der Waals surface area contributed by atoms with Crippen molar-refractivity contribution in [2.24, 2.45) is 4.99 Å². The molecule has 0 saturated carbocycles. The van der Waals surface area contributed by atoms with Gasteiger partial charge in [0.1, 0.15) is 0 Å². The van der Waals surface area contributed by atoms with Crippen molar-refractivity contribution in [2.45, 2.75) is 45.1 Å². The highest BCUT2D eigenvalue weighted by Gasteiger charge is 2.32. The zero-order valence-corrected chi connectivity index (χ0v) is 13.6. The maximum absolute atomic E-state index is 5.73. The topological polar surface area (TPSA) is 46.1 Å². The van der Waals surface area contributed by atoms with Crippen LogP contribution in [0.2, 0.25) is 0 Å². The van der Waals surface area contributed by atoms with E-state index in [-0.39, 0.29) is 5.60 Å². The Morgan fingerprint density at radius 2 is 2.05 bits per heavy atom. The van der Waals surface area contributed by atoms with Crippen molar-refractivity contribution in [1.29, 1.82) is 0 Å². The lowest BCUT2D eigenvalue weighted by Crippen LogP contribution is -2.44. The van der Waals surface area contributed by atoms with Crippen LogP contribution in [0.3, 0.4) is 0 Å². The van der Waals surface area contributed by atoms with Gasteiger partial charge in [0.05, 0.1) is 12.1 Å². The van der Waals surface area contributed by atoms with E-state index >= 15 is 0 Å². The van der Waals surface area contributed by atoms with E-state index in [0.29, 0.717) is 6.54 Å². The van der Waals surface area contributed by atoms with E-state index in [4.69, 9.17) is 14.5 Å². The van der Waals surface area contributed by atoms with Gasteiger partial charge in [-0.1, -0.05) is 13.3 Å². The van der Waals surface area contributed by atoms with Gasteiger partial charge in [-0.15, -0.1) is 0 Å². The highest BCUT2D eigenvalue weighted by molar-refractivity contribution is 5.79. The van der Waals surface area contributed by atoms with Crippen molar-refractivity contribution < 1.29 is 9.47 Å². The maximum Gasteiger partial charge on any atom is 0.193 e. The van der Waals surface area contributed by atoms with Gasteiger partial charge in [0, 0.05) is 53.3 Å². The van der Waals surface area contributed by atoms with Crippen LogP contribution in [0.1, 0.15) is 39.5 Å². The third-order valence-electron chi connectivity index (χ3n) is 3.90. The zero-order chi connectivity index (χ0) is 14.8. The SMILES string of the molecule is CCCCN(C)C(=NCC1(OC)CCOCC1)NCC. The smallest absolute Gasteiger partial charge is 0.193 e. The number of rotatable bonds is 7. The molecule has 1 saturated heterocycles. The summed E-state index contributed by atoms with van der Waals surface area (Å²) in [6.07, 6.45) is 4.23. The van der Waals surface area contributed by atoms with Crippen molar-refractivity contribution in [2.75, 3.05) is 47.0 Å². The molecule has 0 spiro atoms. The molecule has 1 aliphatic heterocycles. The van der Waals surface area contributed by atoms with Crippen LogP contribution >= 0.6 is 0 Å². The van der Waals surface area contributed by atoms with Crippen molar-refractivity contribution in [3.8, 4) is 0 Å². The monoisotopic (exact) mass is 285 g/mol. The van der Waals surface area contributed by atoms with Gasteiger partial charge in [-0.3, -0.25) is 4.99 Å². The number of hydrogen-bond donors (Lipinski definition) is 1. The van der Waals surface area contributed by atoms with Crippen LogP contribution in [0, 0.1) is 0 Å². The summed E-state index contributed by atoms with van der Waals surface area (Å²) in [6.45, 7) is 8.47. The number of nitrogens with one attached hydrogen (secondary N) is 1. The molecule has 118 valence electrons. The minimum absolute atomic E-state index is 0.148. The average molecular weight is 285 g/mol. The summed E-state index contributed by atoms with van der Waals surface area (Å²) in [5.74, 6) is 0.976. The molecule has 1 N–H and O–H groups in total. The number of nitrogens with zero attached hydrogens (tertiary/aromatic N) is 2. The molecule has 20 heavy (non-hydrogen) atoms. The van der Waals surface area contributed by atoms with Crippen LogP contribution in [0.4, 0.5) is 0 Å². The largest absolute Gasteiger partial charge is 0.381 e. The molecule has 0 aromatic carbocycles. The van der Waals surface area contributed by atoms with Gasteiger partial charge >= 0.3 is 0 Å². The number of guanidine groups is 1. The molecule has 0 aromatic rings. The fourth-order valence-electron chi connectivity index (χ4n) is 2.36. The summed E-state index contributed by atoms with van der Waals surface area (Å²) in [5.41, 5.74) is -0.148. The summed E-state index contributed by atoms with van der Waals surface area (Å²) in [4.78, 5) is 6.99. The maximum atomic E-state index is 5.73. The molecule has 5 nitrogen and oxygen atoms in total. The first-order valence-electron chi connectivity index (χ1n) is 7.80. The molecule has 1 rings (SSSR count). The molecule has 0 aliphatic carbocycles. The summed E-state index contributed by atoms with van der Waals surface area (Å²) in [6, 6.07) is 0. The lowest BCUT2D eigenvalue weighted by molar-refractivity contribution is -0.0829. The zero-order valence-electron chi connectivity index (χ0n) is 13.6. The number of ether oxygens (including phenoxy) is 2.